The summed E-state index contributed by atoms with van der Waals surface area (Å²) < 4.78 is 16.2. The van der Waals surface area contributed by atoms with E-state index in [1.165, 1.54) is 0 Å². The van der Waals surface area contributed by atoms with Crippen LogP contribution in [0.1, 0.15) is 29.3 Å². The van der Waals surface area contributed by atoms with Gasteiger partial charge in [-0.25, -0.2) is 14.8 Å². The minimum atomic E-state index is -0.362. The van der Waals surface area contributed by atoms with Crippen LogP contribution in [0.25, 0.3) is 21.9 Å². The maximum Gasteiger partial charge on any atom is 0.339 e. The van der Waals surface area contributed by atoms with E-state index in [1.807, 2.05) is 23.1 Å². The average Bonchev–Trinajstić information content (AvgIpc) is 3.16. The fourth-order valence-corrected chi connectivity index (χ4v) is 3.96. The number of nitrogens with zero attached hydrogens (tertiary/aromatic N) is 3. The van der Waals surface area contributed by atoms with Crippen molar-refractivity contribution in [2.24, 2.45) is 0 Å². The topological polar surface area (TPSA) is 94.0 Å². The Kier molecular flexibility index (Phi) is 5.90. The molecule has 162 valence electrons. The van der Waals surface area contributed by atoms with Crippen molar-refractivity contribution in [3.8, 4) is 22.6 Å². The van der Waals surface area contributed by atoms with Gasteiger partial charge in [-0.05, 0) is 35.4 Å². The zero-order valence-corrected chi connectivity index (χ0v) is 17.8. The zero-order chi connectivity index (χ0) is 22.0. The van der Waals surface area contributed by atoms with E-state index >= 15 is 0 Å². The third-order valence-electron chi connectivity index (χ3n) is 5.36. The van der Waals surface area contributed by atoms with E-state index in [4.69, 9.17) is 14.2 Å². The molecule has 2 aromatic carbocycles. The summed E-state index contributed by atoms with van der Waals surface area (Å²) in [4.78, 5) is 23.5. The molecular formula is C23H25N3O5. The number of rotatable bonds is 8. The molecule has 0 aliphatic carbocycles. The van der Waals surface area contributed by atoms with Crippen molar-refractivity contribution in [2.45, 2.75) is 20.0 Å². The summed E-state index contributed by atoms with van der Waals surface area (Å²) in [6, 6.07) is 5.69. The largest absolute Gasteiger partial charge is 0.493 e. The number of aromatic nitrogens is 2. The molecule has 2 heterocycles. The molecule has 4 rings (SSSR count). The van der Waals surface area contributed by atoms with E-state index in [1.54, 1.807) is 26.6 Å². The molecule has 0 fully saturated rings. The van der Waals surface area contributed by atoms with E-state index in [9.17, 15) is 9.90 Å². The monoisotopic (exact) mass is 423 g/mol. The lowest BCUT2D eigenvalue weighted by atomic mass is 9.91. The minimum absolute atomic E-state index is 0.0232. The van der Waals surface area contributed by atoms with Gasteiger partial charge in [0.2, 0.25) is 5.95 Å². The molecule has 0 amide bonds. The Labute approximate surface area is 180 Å². The number of cyclic esters (lactones) is 1. The summed E-state index contributed by atoms with van der Waals surface area (Å²) in [5, 5.41) is 11.1. The first-order valence-electron chi connectivity index (χ1n) is 10.2. The van der Waals surface area contributed by atoms with Crippen molar-refractivity contribution in [3.63, 3.8) is 0 Å². The second kappa shape index (κ2) is 8.77. The first kappa shape index (κ1) is 20.9. The first-order chi connectivity index (χ1) is 15.1. The van der Waals surface area contributed by atoms with E-state index in [-0.39, 0.29) is 19.2 Å². The molecule has 0 spiro atoms. The summed E-state index contributed by atoms with van der Waals surface area (Å²) in [5.74, 6) is 1.35. The summed E-state index contributed by atoms with van der Waals surface area (Å²) >= 11 is 0. The molecule has 31 heavy (non-hydrogen) atoms. The van der Waals surface area contributed by atoms with Gasteiger partial charge < -0.3 is 24.2 Å². The van der Waals surface area contributed by atoms with E-state index < -0.39 is 0 Å². The molecular weight excluding hydrogens is 398 g/mol. The smallest absolute Gasteiger partial charge is 0.339 e. The van der Waals surface area contributed by atoms with Crippen LogP contribution in [0, 0.1) is 0 Å². The van der Waals surface area contributed by atoms with Crippen LogP contribution in [-0.4, -0.2) is 55.0 Å². The van der Waals surface area contributed by atoms with Crippen LogP contribution < -0.4 is 14.4 Å². The molecule has 1 aromatic heterocycles. The maximum atomic E-state index is 12.6. The van der Waals surface area contributed by atoms with Crippen molar-refractivity contribution in [1.29, 1.82) is 0 Å². The number of anilines is 1. The Morgan fingerprint density at radius 2 is 1.77 bits per heavy atom. The van der Waals surface area contributed by atoms with Crippen molar-refractivity contribution in [1.82, 2.24) is 9.97 Å². The Hall–Kier alpha value is -3.39. The number of carbonyl (C=O) groups is 1. The number of aliphatic hydroxyl groups excluding tert-OH is 1. The second-order valence-corrected chi connectivity index (χ2v) is 7.27. The van der Waals surface area contributed by atoms with Gasteiger partial charge in [-0.15, -0.1) is 0 Å². The maximum absolute atomic E-state index is 12.6. The number of esters is 1. The molecule has 0 saturated heterocycles. The molecule has 8 heteroatoms. The van der Waals surface area contributed by atoms with Gasteiger partial charge in [0, 0.05) is 42.2 Å². The molecule has 8 nitrogen and oxygen atoms in total. The Morgan fingerprint density at radius 3 is 2.42 bits per heavy atom. The minimum Gasteiger partial charge on any atom is -0.493 e. The highest BCUT2D eigenvalue weighted by molar-refractivity contribution is 6.11. The number of aliphatic hydroxyl groups is 1. The zero-order valence-electron chi connectivity index (χ0n) is 17.8. The first-order valence-corrected chi connectivity index (χ1v) is 10.2. The standard InChI is InChI=1S/C23H25N3O5/c1-4-5-26(6-7-27)23-24-11-16(12-25-23)20-17-10-19(30-3)18(29-2)9-14(17)8-15-13-31-22(28)21(15)20/h8-12,27H,4-7,13H2,1-3H3. The van der Waals surface area contributed by atoms with Crippen molar-refractivity contribution in [2.75, 3.05) is 38.8 Å². The number of fused-ring (bicyclic) bond motifs is 2. The lowest BCUT2D eigenvalue weighted by molar-refractivity contribution is 0.0535. The molecule has 1 aliphatic rings. The van der Waals surface area contributed by atoms with Crippen LogP contribution >= 0.6 is 0 Å². The summed E-state index contributed by atoms with van der Waals surface area (Å²) in [6.45, 7) is 3.51. The fourth-order valence-electron chi connectivity index (χ4n) is 3.96. The average molecular weight is 423 g/mol. The molecule has 1 N–H and O–H groups in total. The van der Waals surface area contributed by atoms with Crippen molar-refractivity contribution >= 4 is 22.7 Å². The highest BCUT2D eigenvalue weighted by Crippen LogP contribution is 2.42. The van der Waals surface area contributed by atoms with Gasteiger partial charge in [0.05, 0.1) is 26.4 Å². The van der Waals surface area contributed by atoms with Gasteiger partial charge in [-0.2, -0.15) is 0 Å². The number of hydrogen-bond acceptors (Lipinski definition) is 8. The van der Waals surface area contributed by atoms with Gasteiger partial charge in [-0.3, -0.25) is 0 Å². The normalized spacial score (nSPS) is 12.6. The molecule has 3 aromatic rings. The van der Waals surface area contributed by atoms with Gasteiger partial charge in [0.15, 0.2) is 11.5 Å². The molecule has 1 aliphatic heterocycles. The van der Waals surface area contributed by atoms with Gasteiger partial charge in [0.1, 0.15) is 6.61 Å². The third kappa shape index (κ3) is 3.74. The highest BCUT2D eigenvalue weighted by atomic mass is 16.5. The lowest BCUT2D eigenvalue weighted by Crippen LogP contribution is -2.29. The molecule has 0 radical (unpaired) electrons. The van der Waals surface area contributed by atoms with Crippen LogP contribution in [0.2, 0.25) is 0 Å². The molecule has 0 atom stereocenters. The van der Waals surface area contributed by atoms with Gasteiger partial charge >= 0.3 is 5.97 Å². The number of methoxy groups -OCH3 is 2. The molecule has 0 unspecified atom stereocenters. The summed E-state index contributed by atoms with van der Waals surface area (Å²) in [7, 11) is 3.16. The van der Waals surface area contributed by atoms with Crippen LogP contribution in [-0.2, 0) is 11.3 Å². The summed E-state index contributed by atoms with van der Waals surface area (Å²) in [6.07, 6.45) is 4.33. The number of carbonyl (C=O) groups excluding carboxylic acids is 1. The Bertz CT molecular complexity index is 1110. The van der Waals surface area contributed by atoms with Crippen molar-refractivity contribution < 1.29 is 24.1 Å². The van der Waals surface area contributed by atoms with E-state index in [0.29, 0.717) is 40.7 Å². The Balaban J connectivity index is 1.90. The summed E-state index contributed by atoms with van der Waals surface area (Å²) in [5.41, 5.74) is 2.76. The van der Waals surface area contributed by atoms with Crippen molar-refractivity contribution in [3.05, 3.63) is 41.7 Å². The number of benzene rings is 2. The van der Waals surface area contributed by atoms with Crippen LogP contribution in [0.15, 0.2) is 30.6 Å². The predicted molar refractivity (Wildman–Crippen MR) is 117 cm³/mol. The Morgan fingerprint density at radius 1 is 1.06 bits per heavy atom. The quantitative estimate of drug-likeness (QED) is 0.552. The second-order valence-electron chi connectivity index (χ2n) is 7.27. The fraction of sp³-hybridized carbons (Fsp3) is 0.348. The SMILES string of the molecule is CCCN(CCO)c1ncc(-c2c3c(cc4cc(OC)c(OC)cc24)COC3=O)cn1. The molecule has 0 bridgehead atoms. The number of ether oxygens (including phenoxy) is 3. The van der Waals surface area contributed by atoms with Crippen LogP contribution in [0.3, 0.4) is 0 Å². The van der Waals surface area contributed by atoms with Gasteiger partial charge in [0.25, 0.3) is 0 Å². The number of hydrogen-bond donors (Lipinski definition) is 1. The lowest BCUT2D eigenvalue weighted by Gasteiger charge is -2.21. The van der Waals surface area contributed by atoms with E-state index in [2.05, 4.69) is 16.9 Å². The highest BCUT2D eigenvalue weighted by Gasteiger charge is 2.28. The van der Waals surface area contributed by atoms with Gasteiger partial charge in [-0.1, -0.05) is 6.92 Å². The third-order valence-corrected chi connectivity index (χ3v) is 5.36. The van der Waals surface area contributed by atoms with Crippen LogP contribution in [0.4, 0.5) is 5.95 Å². The van der Waals surface area contributed by atoms with E-state index in [0.717, 1.165) is 29.3 Å². The predicted octanol–water partition coefficient (Wildman–Crippen LogP) is 3.19. The molecule has 0 saturated carbocycles. The van der Waals surface area contributed by atoms with Crippen LogP contribution in [0.5, 0.6) is 11.5 Å².